The number of hydrogen-bond donors (Lipinski definition) is 0. The second-order valence-corrected chi connectivity index (χ2v) is 13.0. The molecule has 0 saturated carbocycles. The normalized spacial score (nSPS) is 15.2. The number of rotatable bonds is 6. The highest BCUT2D eigenvalue weighted by molar-refractivity contribution is 8.03. The van der Waals surface area contributed by atoms with Gasteiger partial charge < -0.3 is 0 Å². The summed E-state index contributed by atoms with van der Waals surface area (Å²) in [6.45, 7) is 13.7. The van der Waals surface area contributed by atoms with E-state index in [1.807, 2.05) is 0 Å². The molecule has 4 heterocycles. The Bertz CT molecular complexity index is 1220. The maximum atomic E-state index is 13.6. The third-order valence-corrected chi connectivity index (χ3v) is 11.1. The SMILES string of the molecule is CCC(C)(C)c1cc2c(=O)n(CC3=CCCS3)c(=O)c3cc(C(C)(C)CC)sc3c2s1. The molecule has 0 radical (unpaired) electrons. The molecule has 0 aliphatic carbocycles. The van der Waals surface area contributed by atoms with Crippen LogP contribution < -0.4 is 11.1 Å². The largest absolute Gasteiger partial charge is 0.269 e. The van der Waals surface area contributed by atoms with E-state index < -0.39 is 0 Å². The lowest BCUT2D eigenvalue weighted by molar-refractivity contribution is 0.517. The van der Waals surface area contributed by atoms with Crippen LogP contribution in [0.3, 0.4) is 0 Å². The average Bonchev–Trinajstić information content (AvgIpc) is 3.48. The third kappa shape index (κ3) is 3.96. The second-order valence-electron chi connectivity index (χ2n) is 9.69. The van der Waals surface area contributed by atoms with Crippen LogP contribution in [0, 0.1) is 0 Å². The van der Waals surface area contributed by atoms with Crippen molar-refractivity contribution in [2.75, 3.05) is 5.75 Å². The number of fused-ring (bicyclic) bond motifs is 3. The minimum atomic E-state index is -0.150. The Hall–Kier alpha value is -1.37. The molecule has 3 nitrogen and oxygen atoms in total. The first-order chi connectivity index (χ1) is 14.6. The summed E-state index contributed by atoms with van der Waals surface area (Å²) in [7, 11) is 0. The number of hydrogen-bond acceptors (Lipinski definition) is 5. The molecule has 0 N–H and O–H groups in total. The van der Waals surface area contributed by atoms with Crippen LogP contribution in [0.25, 0.3) is 20.2 Å². The fourth-order valence-corrected chi connectivity index (χ4v) is 7.47. The fraction of sp³-hybridized carbons (Fsp3) is 0.520. The van der Waals surface area contributed by atoms with Gasteiger partial charge in [0.1, 0.15) is 0 Å². The molecule has 0 aromatic carbocycles. The van der Waals surface area contributed by atoms with Crippen LogP contribution in [0.5, 0.6) is 0 Å². The standard InChI is InChI=1S/C25H31NO2S3/c1-7-24(3,4)18-12-16-20(30-18)21-17(13-19(31-21)25(5,6)8-2)23(28)26(22(16)27)14-15-10-9-11-29-15/h10,12-13H,7-9,11,14H2,1-6H3. The molecule has 0 bridgehead atoms. The second kappa shape index (κ2) is 8.20. The van der Waals surface area contributed by atoms with Gasteiger partial charge in [-0.3, -0.25) is 14.2 Å². The highest BCUT2D eigenvalue weighted by atomic mass is 32.2. The van der Waals surface area contributed by atoms with Crippen molar-refractivity contribution in [3.05, 3.63) is 53.6 Å². The molecule has 3 aromatic rings. The van der Waals surface area contributed by atoms with Crippen LogP contribution in [0.2, 0.25) is 0 Å². The minimum Gasteiger partial charge on any atom is -0.269 e. The van der Waals surface area contributed by atoms with Crippen LogP contribution >= 0.6 is 34.4 Å². The van der Waals surface area contributed by atoms with Crippen LogP contribution in [0.4, 0.5) is 0 Å². The maximum absolute atomic E-state index is 13.6. The van der Waals surface area contributed by atoms with E-state index in [0.717, 1.165) is 39.3 Å². The monoisotopic (exact) mass is 473 g/mol. The summed E-state index contributed by atoms with van der Waals surface area (Å²) in [5.41, 5.74) is -0.303. The molecule has 0 amide bonds. The van der Waals surface area contributed by atoms with E-state index in [2.05, 4.69) is 59.8 Å². The molecule has 6 heteroatoms. The van der Waals surface area contributed by atoms with E-state index >= 15 is 0 Å². The number of allylic oxidation sites excluding steroid dienone is 2. The first-order valence-corrected chi connectivity index (χ1v) is 13.7. The summed E-state index contributed by atoms with van der Waals surface area (Å²) in [4.78, 5) is 30.9. The van der Waals surface area contributed by atoms with Crippen molar-refractivity contribution >= 4 is 54.6 Å². The summed E-state index contributed by atoms with van der Waals surface area (Å²) in [6.07, 6.45) is 5.17. The van der Waals surface area contributed by atoms with Gasteiger partial charge in [0.2, 0.25) is 0 Å². The number of thioether (sulfide) groups is 1. The highest BCUT2D eigenvalue weighted by Gasteiger charge is 2.27. The van der Waals surface area contributed by atoms with Gasteiger partial charge in [0.05, 0.1) is 26.7 Å². The smallest absolute Gasteiger partial charge is 0.262 e. The van der Waals surface area contributed by atoms with Gasteiger partial charge in [0.25, 0.3) is 11.1 Å². The summed E-state index contributed by atoms with van der Waals surface area (Å²) in [5.74, 6) is 1.03. The van der Waals surface area contributed by atoms with Crippen LogP contribution in [0.1, 0.15) is 70.6 Å². The lowest BCUT2D eigenvalue weighted by Gasteiger charge is -2.20. The molecule has 31 heavy (non-hydrogen) atoms. The van der Waals surface area contributed by atoms with E-state index in [-0.39, 0.29) is 21.9 Å². The Balaban J connectivity index is 2.11. The van der Waals surface area contributed by atoms with Gasteiger partial charge in [-0.25, -0.2) is 0 Å². The van der Waals surface area contributed by atoms with E-state index in [0.29, 0.717) is 17.3 Å². The Morgan fingerprint density at radius 1 is 0.871 bits per heavy atom. The predicted octanol–water partition coefficient (Wildman–Crippen LogP) is 7.03. The van der Waals surface area contributed by atoms with Crippen molar-refractivity contribution in [1.29, 1.82) is 0 Å². The average molecular weight is 474 g/mol. The van der Waals surface area contributed by atoms with E-state index in [1.54, 1.807) is 34.4 Å². The molecule has 0 saturated heterocycles. The van der Waals surface area contributed by atoms with Gasteiger partial charge >= 0.3 is 0 Å². The zero-order valence-corrected chi connectivity index (χ0v) is 21.7. The van der Waals surface area contributed by atoms with E-state index in [9.17, 15) is 9.59 Å². The minimum absolute atomic E-state index is 0.00123. The summed E-state index contributed by atoms with van der Waals surface area (Å²) in [5, 5.41) is 1.39. The molecule has 0 spiro atoms. The van der Waals surface area contributed by atoms with Crippen LogP contribution in [0.15, 0.2) is 32.7 Å². The number of thiophene rings is 2. The Morgan fingerprint density at radius 3 is 1.74 bits per heavy atom. The summed E-state index contributed by atoms with van der Waals surface area (Å²) >= 11 is 5.15. The van der Waals surface area contributed by atoms with Crippen molar-refractivity contribution < 1.29 is 0 Å². The van der Waals surface area contributed by atoms with Crippen LogP contribution in [-0.2, 0) is 17.4 Å². The van der Waals surface area contributed by atoms with Gasteiger partial charge in [0.15, 0.2) is 0 Å². The highest BCUT2D eigenvalue weighted by Crippen LogP contribution is 2.42. The Morgan fingerprint density at radius 2 is 1.35 bits per heavy atom. The van der Waals surface area contributed by atoms with E-state index in [1.165, 1.54) is 14.3 Å². The van der Waals surface area contributed by atoms with Gasteiger partial charge in [-0.1, -0.05) is 47.6 Å². The van der Waals surface area contributed by atoms with Gasteiger partial charge in [-0.15, -0.1) is 34.4 Å². The van der Waals surface area contributed by atoms with Gasteiger partial charge in [-0.2, -0.15) is 0 Å². The Kier molecular flexibility index (Phi) is 6.03. The maximum Gasteiger partial charge on any atom is 0.262 e. The predicted molar refractivity (Wildman–Crippen MR) is 140 cm³/mol. The molecule has 166 valence electrons. The first-order valence-electron chi connectivity index (χ1n) is 11.1. The molecule has 0 atom stereocenters. The lowest BCUT2D eigenvalue weighted by atomic mass is 9.88. The van der Waals surface area contributed by atoms with Crippen molar-refractivity contribution in [3.63, 3.8) is 0 Å². The van der Waals surface area contributed by atoms with Gasteiger partial charge in [0, 0.05) is 20.4 Å². The number of nitrogens with zero attached hydrogens (tertiary/aromatic N) is 1. The molecule has 1 aliphatic heterocycles. The molecular formula is C25H31NO2S3. The van der Waals surface area contributed by atoms with Crippen molar-refractivity contribution in [1.82, 2.24) is 4.57 Å². The van der Waals surface area contributed by atoms with Crippen LogP contribution in [-0.4, -0.2) is 10.3 Å². The third-order valence-electron chi connectivity index (χ3n) is 6.81. The molecule has 4 rings (SSSR count). The summed E-state index contributed by atoms with van der Waals surface area (Å²) < 4.78 is 3.44. The van der Waals surface area contributed by atoms with Crippen molar-refractivity contribution in [3.8, 4) is 0 Å². The summed E-state index contributed by atoms with van der Waals surface area (Å²) in [6, 6.07) is 4.11. The molecule has 0 unspecified atom stereocenters. The molecule has 3 aromatic heterocycles. The van der Waals surface area contributed by atoms with Crippen molar-refractivity contribution in [2.24, 2.45) is 0 Å². The fourth-order valence-electron chi connectivity index (χ4n) is 3.71. The van der Waals surface area contributed by atoms with Crippen molar-refractivity contribution in [2.45, 2.75) is 78.2 Å². The molecule has 1 aliphatic rings. The lowest BCUT2D eigenvalue weighted by Crippen LogP contribution is -2.30. The molecule has 0 fully saturated rings. The zero-order valence-electron chi connectivity index (χ0n) is 19.3. The quantitative estimate of drug-likeness (QED) is 0.386. The zero-order chi connectivity index (χ0) is 22.6. The van der Waals surface area contributed by atoms with Gasteiger partial charge in [-0.05, 0) is 42.2 Å². The first kappa shape index (κ1) is 22.8. The Labute approximate surface area is 196 Å². The van der Waals surface area contributed by atoms with E-state index in [4.69, 9.17) is 0 Å². The number of aromatic nitrogens is 1. The topological polar surface area (TPSA) is 39.1 Å². The molecular weight excluding hydrogens is 442 g/mol.